The molecule has 2 aromatic carbocycles. The summed E-state index contributed by atoms with van der Waals surface area (Å²) < 4.78 is 10.8. The molecular weight excluding hydrogens is 514 g/mol. The summed E-state index contributed by atoms with van der Waals surface area (Å²) >= 11 is 0.869. The van der Waals surface area contributed by atoms with Gasteiger partial charge in [-0.05, 0) is 43.7 Å². The zero-order valence-electron chi connectivity index (χ0n) is 20.0. The third-order valence-electron chi connectivity index (χ3n) is 5.97. The number of ketones is 1. The SMILES string of the molecule is CCOC(=O)c1sc(N2C(=O)C(O)=C(C(=O)c3cc4ccccc4o3)C2c2ccc([N+](=O)[O-])cc2)nc1C. The smallest absolute Gasteiger partial charge is 0.350 e. The van der Waals surface area contributed by atoms with Gasteiger partial charge in [-0.25, -0.2) is 9.78 Å². The molecule has 1 atom stereocenters. The number of fused-ring (bicyclic) bond motifs is 1. The number of amides is 1. The van der Waals surface area contributed by atoms with E-state index in [1.54, 1.807) is 38.1 Å². The van der Waals surface area contributed by atoms with Crippen LogP contribution in [0.2, 0.25) is 0 Å². The molecule has 0 fully saturated rings. The normalized spacial score (nSPS) is 15.4. The lowest BCUT2D eigenvalue weighted by Crippen LogP contribution is -2.31. The number of rotatable bonds is 7. The van der Waals surface area contributed by atoms with E-state index in [0.29, 0.717) is 22.2 Å². The number of benzene rings is 2. The fourth-order valence-corrected chi connectivity index (χ4v) is 5.21. The molecular formula is C26H19N3O8S. The molecule has 11 nitrogen and oxygen atoms in total. The number of furan rings is 1. The van der Waals surface area contributed by atoms with Crippen LogP contribution in [0.15, 0.2) is 70.3 Å². The lowest BCUT2D eigenvalue weighted by molar-refractivity contribution is -0.384. The first-order valence-electron chi connectivity index (χ1n) is 11.4. The number of aliphatic hydroxyl groups excluding tert-OH is 1. The minimum absolute atomic E-state index is 0.0397. The van der Waals surface area contributed by atoms with Gasteiger partial charge in [-0.1, -0.05) is 29.5 Å². The van der Waals surface area contributed by atoms with Gasteiger partial charge in [-0.2, -0.15) is 0 Å². The zero-order chi connectivity index (χ0) is 27.1. The Morgan fingerprint density at radius 3 is 2.58 bits per heavy atom. The Morgan fingerprint density at radius 2 is 1.92 bits per heavy atom. The summed E-state index contributed by atoms with van der Waals surface area (Å²) in [6, 6.07) is 12.5. The van der Waals surface area contributed by atoms with Crippen LogP contribution in [-0.4, -0.2) is 39.3 Å². The number of anilines is 1. The minimum Gasteiger partial charge on any atom is -0.503 e. The van der Waals surface area contributed by atoms with Gasteiger partial charge in [0.2, 0.25) is 5.78 Å². The number of nitro benzene ring substituents is 1. The Morgan fingerprint density at radius 1 is 1.21 bits per heavy atom. The monoisotopic (exact) mass is 533 g/mol. The molecule has 0 radical (unpaired) electrons. The molecule has 0 bridgehead atoms. The Balaban J connectivity index is 1.64. The summed E-state index contributed by atoms with van der Waals surface area (Å²) in [7, 11) is 0. The Kier molecular flexibility index (Phi) is 6.25. The van der Waals surface area contributed by atoms with Crippen LogP contribution in [0.3, 0.4) is 0 Å². The molecule has 1 aliphatic rings. The van der Waals surface area contributed by atoms with Crippen molar-refractivity contribution >= 4 is 50.8 Å². The minimum atomic E-state index is -1.20. The number of esters is 1. The molecule has 1 amide bonds. The van der Waals surface area contributed by atoms with Gasteiger partial charge in [-0.3, -0.25) is 24.6 Å². The van der Waals surface area contributed by atoms with Gasteiger partial charge in [0.05, 0.1) is 28.8 Å². The molecule has 0 aliphatic carbocycles. The summed E-state index contributed by atoms with van der Waals surface area (Å²) in [6.45, 7) is 3.36. The number of nitrogens with zero attached hydrogens (tertiary/aromatic N) is 3. The number of ether oxygens (including phenoxy) is 1. The second kappa shape index (κ2) is 9.56. The van der Waals surface area contributed by atoms with E-state index in [9.17, 15) is 29.6 Å². The molecule has 5 rings (SSSR count). The molecule has 192 valence electrons. The van der Waals surface area contributed by atoms with Gasteiger partial charge in [0.25, 0.3) is 11.6 Å². The van der Waals surface area contributed by atoms with Gasteiger partial charge in [0.15, 0.2) is 16.7 Å². The first-order valence-corrected chi connectivity index (χ1v) is 12.2. The standard InChI is InChI=1S/C26H19N3O8S/c1-3-36-25(33)23-13(2)27-26(38-23)28-20(14-8-10-16(11-9-14)29(34)35)19(22(31)24(28)32)21(30)18-12-15-6-4-5-7-17(15)37-18/h4-12,20,31H,3H2,1-2H3. The lowest BCUT2D eigenvalue weighted by atomic mass is 9.95. The first-order chi connectivity index (χ1) is 18.2. The maximum absolute atomic E-state index is 13.7. The van der Waals surface area contributed by atoms with Crippen molar-refractivity contribution in [1.29, 1.82) is 0 Å². The molecule has 3 heterocycles. The summed E-state index contributed by atoms with van der Waals surface area (Å²) in [6.07, 6.45) is 0. The number of hydrogen-bond donors (Lipinski definition) is 1. The Labute approximate surface area is 218 Å². The largest absolute Gasteiger partial charge is 0.503 e. The van der Waals surface area contributed by atoms with Crippen LogP contribution in [0, 0.1) is 17.0 Å². The molecule has 0 spiro atoms. The maximum atomic E-state index is 13.7. The summed E-state index contributed by atoms with van der Waals surface area (Å²) in [5.74, 6) is -3.20. The second-order valence-electron chi connectivity index (χ2n) is 8.30. The van der Waals surface area contributed by atoms with Crippen LogP contribution in [0.5, 0.6) is 0 Å². The van der Waals surface area contributed by atoms with E-state index in [1.165, 1.54) is 30.3 Å². The van der Waals surface area contributed by atoms with E-state index in [1.807, 2.05) is 0 Å². The number of carbonyl (C=O) groups is 3. The van der Waals surface area contributed by atoms with Crippen molar-refractivity contribution < 1.29 is 33.6 Å². The number of aliphatic hydroxyl groups is 1. The number of non-ortho nitro benzene ring substituents is 1. The highest BCUT2D eigenvalue weighted by atomic mass is 32.1. The molecule has 1 aliphatic heterocycles. The highest BCUT2D eigenvalue weighted by Crippen LogP contribution is 2.44. The van der Waals surface area contributed by atoms with Crippen LogP contribution in [0.4, 0.5) is 10.8 Å². The third-order valence-corrected chi connectivity index (χ3v) is 7.11. The Bertz CT molecular complexity index is 1620. The fourth-order valence-electron chi connectivity index (χ4n) is 4.23. The average Bonchev–Trinajstić information content (AvgIpc) is 3.58. The van der Waals surface area contributed by atoms with Gasteiger partial charge >= 0.3 is 5.97 Å². The van der Waals surface area contributed by atoms with E-state index in [4.69, 9.17) is 9.15 Å². The molecule has 2 aromatic heterocycles. The van der Waals surface area contributed by atoms with Crippen molar-refractivity contribution in [2.45, 2.75) is 19.9 Å². The van der Waals surface area contributed by atoms with E-state index < -0.39 is 34.4 Å². The van der Waals surface area contributed by atoms with E-state index >= 15 is 0 Å². The number of Topliss-reactive ketones (excluding diaryl/α,β-unsaturated/α-hetero) is 1. The highest BCUT2D eigenvalue weighted by molar-refractivity contribution is 7.17. The predicted octanol–water partition coefficient (Wildman–Crippen LogP) is 5.07. The number of nitro groups is 1. The number of hydrogen-bond acceptors (Lipinski definition) is 10. The van der Waals surface area contributed by atoms with Gasteiger partial charge in [0, 0.05) is 17.5 Å². The van der Waals surface area contributed by atoms with Crippen LogP contribution in [0.1, 0.15) is 44.4 Å². The van der Waals surface area contributed by atoms with Gasteiger partial charge in [0.1, 0.15) is 10.5 Å². The van der Waals surface area contributed by atoms with Gasteiger partial charge in [-0.15, -0.1) is 0 Å². The average molecular weight is 534 g/mol. The molecule has 0 saturated heterocycles. The third kappa shape index (κ3) is 4.10. The van der Waals surface area contributed by atoms with Gasteiger partial charge < -0.3 is 14.3 Å². The van der Waals surface area contributed by atoms with Crippen molar-refractivity contribution in [2.75, 3.05) is 11.5 Å². The van der Waals surface area contributed by atoms with Crippen LogP contribution >= 0.6 is 11.3 Å². The summed E-state index contributed by atoms with van der Waals surface area (Å²) in [5, 5.41) is 22.8. The molecule has 1 unspecified atom stereocenters. The highest BCUT2D eigenvalue weighted by Gasteiger charge is 2.47. The van der Waals surface area contributed by atoms with Crippen molar-refractivity contribution in [3.8, 4) is 0 Å². The van der Waals surface area contributed by atoms with Crippen LogP contribution in [0.25, 0.3) is 11.0 Å². The molecule has 1 N–H and O–H groups in total. The first kappa shape index (κ1) is 24.8. The topological polar surface area (TPSA) is 153 Å². The van der Waals surface area contributed by atoms with Crippen LogP contribution < -0.4 is 4.90 Å². The van der Waals surface area contributed by atoms with E-state index in [-0.39, 0.29) is 33.6 Å². The van der Waals surface area contributed by atoms with Crippen molar-refractivity contribution in [2.24, 2.45) is 0 Å². The molecule has 0 saturated carbocycles. The fraction of sp³-hybridized carbons (Fsp3) is 0.154. The van der Waals surface area contributed by atoms with Crippen molar-refractivity contribution in [1.82, 2.24) is 4.98 Å². The van der Waals surface area contributed by atoms with Crippen molar-refractivity contribution in [3.63, 3.8) is 0 Å². The second-order valence-corrected chi connectivity index (χ2v) is 9.28. The van der Waals surface area contributed by atoms with E-state index in [2.05, 4.69) is 4.98 Å². The van der Waals surface area contributed by atoms with Crippen LogP contribution in [-0.2, 0) is 9.53 Å². The number of aryl methyl sites for hydroxylation is 1. The predicted molar refractivity (Wildman–Crippen MR) is 136 cm³/mol. The zero-order valence-corrected chi connectivity index (χ0v) is 20.9. The number of aromatic nitrogens is 1. The quantitative estimate of drug-likeness (QED) is 0.148. The molecule has 12 heteroatoms. The lowest BCUT2D eigenvalue weighted by Gasteiger charge is -2.24. The van der Waals surface area contributed by atoms with Crippen molar-refractivity contribution in [3.05, 3.63) is 97.9 Å². The number of carbonyl (C=O) groups excluding carboxylic acids is 3. The number of para-hydroxylation sites is 1. The molecule has 38 heavy (non-hydrogen) atoms. The summed E-state index contributed by atoms with van der Waals surface area (Å²) in [5.41, 5.74) is 0.568. The Hall–Kier alpha value is -4.84. The maximum Gasteiger partial charge on any atom is 0.350 e. The number of thiazole rings is 1. The summed E-state index contributed by atoms with van der Waals surface area (Å²) in [4.78, 5) is 55.7. The molecule has 4 aromatic rings. The van der Waals surface area contributed by atoms with E-state index in [0.717, 1.165) is 16.2 Å².